The first-order valence-electron chi connectivity index (χ1n) is 7.58. The van der Waals surface area contributed by atoms with Crippen LogP contribution < -0.4 is 5.73 Å². The average molecular weight is 301 g/mol. The minimum absolute atomic E-state index is 0.626. The molecule has 0 bridgehead atoms. The number of hydrogen-bond acceptors (Lipinski definition) is 3. The summed E-state index contributed by atoms with van der Waals surface area (Å²) in [6.45, 7) is 4.19. The fourth-order valence-electron chi connectivity index (χ4n) is 2.42. The Labute approximate surface area is 136 Å². The Morgan fingerprint density at radius 1 is 0.696 bits per heavy atom. The Morgan fingerprint density at radius 3 is 2.04 bits per heavy atom. The lowest BCUT2D eigenvalue weighted by molar-refractivity contribution is 1.22. The SMILES string of the molecule is Cc1cc(N=Nc2ccccc2N)c(-c2ccccc2)cc1C. The van der Waals surface area contributed by atoms with Crippen LogP contribution in [0.25, 0.3) is 11.1 Å². The van der Waals surface area contributed by atoms with Gasteiger partial charge >= 0.3 is 0 Å². The van der Waals surface area contributed by atoms with Gasteiger partial charge in [-0.25, -0.2) is 0 Å². The number of benzene rings is 3. The summed E-state index contributed by atoms with van der Waals surface area (Å²) < 4.78 is 0. The second-order valence-electron chi connectivity index (χ2n) is 5.58. The van der Waals surface area contributed by atoms with Crippen molar-refractivity contribution in [1.29, 1.82) is 0 Å². The van der Waals surface area contributed by atoms with Gasteiger partial charge in [0.05, 0.1) is 11.4 Å². The van der Waals surface area contributed by atoms with Crippen molar-refractivity contribution in [2.75, 3.05) is 5.73 Å². The smallest absolute Gasteiger partial charge is 0.109 e. The summed E-state index contributed by atoms with van der Waals surface area (Å²) in [5.41, 5.74) is 12.7. The quantitative estimate of drug-likeness (QED) is 0.470. The van der Waals surface area contributed by atoms with Crippen LogP contribution in [0.3, 0.4) is 0 Å². The Morgan fingerprint density at radius 2 is 1.30 bits per heavy atom. The van der Waals surface area contributed by atoms with E-state index in [4.69, 9.17) is 5.73 Å². The Kier molecular flexibility index (Phi) is 4.20. The van der Waals surface area contributed by atoms with Gasteiger partial charge in [-0.1, -0.05) is 42.5 Å². The molecule has 0 spiro atoms. The molecule has 0 heterocycles. The first-order chi connectivity index (χ1) is 11.1. The van der Waals surface area contributed by atoms with Gasteiger partial charge in [0.25, 0.3) is 0 Å². The highest BCUT2D eigenvalue weighted by Gasteiger charge is 2.07. The second-order valence-corrected chi connectivity index (χ2v) is 5.58. The molecule has 114 valence electrons. The van der Waals surface area contributed by atoms with Crippen LogP contribution in [0.1, 0.15) is 11.1 Å². The summed E-state index contributed by atoms with van der Waals surface area (Å²) in [5, 5.41) is 8.79. The highest BCUT2D eigenvalue weighted by Crippen LogP contribution is 2.34. The van der Waals surface area contributed by atoms with Crippen LogP contribution in [0, 0.1) is 13.8 Å². The van der Waals surface area contributed by atoms with Crippen molar-refractivity contribution in [2.24, 2.45) is 10.2 Å². The second kappa shape index (κ2) is 6.44. The highest BCUT2D eigenvalue weighted by atomic mass is 15.1. The van der Waals surface area contributed by atoms with Crippen LogP contribution >= 0.6 is 0 Å². The molecule has 0 fully saturated rings. The minimum atomic E-state index is 0.626. The van der Waals surface area contributed by atoms with E-state index < -0.39 is 0 Å². The maximum atomic E-state index is 5.93. The number of anilines is 1. The molecular formula is C20H19N3. The van der Waals surface area contributed by atoms with Crippen LogP contribution in [-0.2, 0) is 0 Å². The Balaban J connectivity index is 2.08. The van der Waals surface area contributed by atoms with Gasteiger partial charge < -0.3 is 5.73 Å². The molecule has 3 rings (SSSR count). The molecule has 0 saturated heterocycles. The predicted octanol–water partition coefficient (Wildman–Crippen LogP) is 5.97. The molecule has 0 aliphatic rings. The number of azo groups is 1. The molecule has 0 aromatic heterocycles. The van der Waals surface area contributed by atoms with Gasteiger partial charge in [0, 0.05) is 5.56 Å². The summed E-state index contributed by atoms with van der Waals surface area (Å²) in [6, 6.07) is 21.9. The van der Waals surface area contributed by atoms with Crippen LogP contribution in [0.4, 0.5) is 17.1 Å². The highest BCUT2D eigenvalue weighted by molar-refractivity contribution is 5.77. The molecule has 3 nitrogen and oxygen atoms in total. The van der Waals surface area contributed by atoms with Gasteiger partial charge in [-0.2, -0.15) is 0 Å². The number of nitrogens with two attached hydrogens (primary N) is 1. The molecule has 2 N–H and O–H groups in total. The largest absolute Gasteiger partial charge is 0.397 e. The third-order valence-corrected chi connectivity index (χ3v) is 3.90. The van der Waals surface area contributed by atoms with E-state index in [2.05, 4.69) is 48.3 Å². The van der Waals surface area contributed by atoms with Gasteiger partial charge in [-0.3, -0.25) is 0 Å². The van der Waals surface area contributed by atoms with Crippen LogP contribution in [0.15, 0.2) is 77.0 Å². The zero-order chi connectivity index (χ0) is 16.2. The van der Waals surface area contributed by atoms with Crippen LogP contribution in [0.5, 0.6) is 0 Å². The monoisotopic (exact) mass is 301 g/mol. The summed E-state index contributed by atoms with van der Waals surface area (Å²) >= 11 is 0. The zero-order valence-electron chi connectivity index (χ0n) is 13.3. The number of aryl methyl sites for hydroxylation is 2. The molecule has 0 aliphatic carbocycles. The molecule has 0 saturated carbocycles. The molecule has 3 aromatic rings. The zero-order valence-corrected chi connectivity index (χ0v) is 13.3. The number of rotatable bonds is 3. The van der Waals surface area contributed by atoms with Gasteiger partial charge in [-0.15, -0.1) is 10.2 Å². The fraction of sp³-hybridized carbons (Fsp3) is 0.100. The van der Waals surface area contributed by atoms with E-state index >= 15 is 0 Å². The average Bonchev–Trinajstić information content (AvgIpc) is 2.57. The molecule has 0 amide bonds. The number of para-hydroxylation sites is 1. The third-order valence-electron chi connectivity index (χ3n) is 3.90. The normalized spacial score (nSPS) is 11.0. The Hall–Kier alpha value is -2.94. The van der Waals surface area contributed by atoms with Crippen molar-refractivity contribution < 1.29 is 0 Å². The topological polar surface area (TPSA) is 50.7 Å². The van der Waals surface area contributed by atoms with Crippen molar-refractivity contribution in [3.05, 3.63) is 77.9 Å². The van der Waals surface area contributed by atoms with E-state index in [-0.39, 0.29) is 0 Å². The first-order valence-corrected chi connectivity index (χ1v) is 7.58. The van der Waals surface area contributed by atoms with E-state index in [0.717, 1.165) is 16.8 Å². The summed E-state index contributed by atoms with van der Waals surface area (Å²) in [7, 11) is 0. The number of hydrogen-bond donors (Lipinski definition) is 1. The van der Waals surface area contributed by atoms with Crippen molar-refractivity contribution in [2.45, 2.75) is 13.8 Å². The van der Waals surface area contributed by atoms with E-state index in [1.807, 2.05) is 42.5 Å². The van der Waals surface area contributed by atoms with Gasteiger partial charge in [0.1, 0.15) is 5.69 Å². The summed E-state index contributed by atoms with van der Waals surface area (Å²) in [5.74, 6) is 0. The van der Waals surface area contributed by atoms with Crippen molar-refractivity contribution in [3.63, 3.8) is 0 Å². The number of nitrogens with zero attached hydrogens (tertiary/aromatic N) is 2. The number of nitrogen functional groups attached to an aromatic ring is 1. The fourth-order valence-corrected chi connectivity index (χ4v) is 2.42. The lowest BCUT2D eigenvalue weighted by Gasteiger charge is -2.09. The molecule has 0 unspecified atom stereocenters. The van der Waals surface area contributed by atoms with E-state index in [0.29, 0.717) is 11.4 Å². The molecule has 0 aliphatic heterocycles. The molecular weight excluding hydrogens is 282 g/mol. The van der Waals surface area contributed by atoms with Gasteiger partial charge in [0.2, 0.25) is 0 Å². The molecule has 0 atom stereocenters. The minimum Gasteiger partial charge on any atom is -0.397 e. The first kappa shape index (κ1) is 15.0. The van der Waals surface area contributed by atoms with Crippen LogP contribution in [0.2, 0.25) is 0 Å². The maximum Gasteiger partial charge on any atom is 0.109 e. The maximum absolute atomic E-state index is 5.93. The molecule has 0 radical (unpaired) electrons. The van der Waals surface area contributed by atoms with Crippen molar-refractivity contribution >= 4 is 17.1 Å². The molecule has 23 heavy (non-hydrogen) atoms. The molecule has 3 aromatic carbocycles. The molecule has 3 heteroatoms. The lowest BCUT2D eigenvalue weighted by Crippen LogP contribution is -1.86. The van der Waals surface area contributed by atoms with Gasteiger partial charge in [-0.05, 0) is 54.8 Å². The summed E-state index contributed by atoms with van der Waals surface area (Å²) in [6.07, 6.45) is 0. The van der Waals surface area contributed by atoms with Crippen LogP contribution in [-0.4, -0.2) is 0 Å². The third kappa shape index (κ3) is 3.29. The standard InChI is InChI=1S/C20H19N3/c1-14-12-17(16-8-4-3-5-9-16)20(13-15(14)2)23-22-19-11-7-6-10-18(19)21/h3-13H,21H2,1-2H3. The van der Waals surface area contributed by atoms with E-state index in [1.54, 1.807) is 0 Å². The van der Waals surface area contributed by atoms with E-state index in [9.17, 15) is 0 Å². The predicted molar refractivity (Wildman–Crippen MR) is 96.4 cm³/mol. The van der Waals surface area contributed by atoms with E-state index in [1.165, 1.54) is 11.1 Å². The Bertz CT molecular complexity index is 852. The van der Waals surface area contributed by atoms with Crippen molar-refractivity contribution in [3.8, 4) is 11.1 Å². The summed E-state index contributed by atoms with van der Waals surface area (Å²) in [4.78, 5) is 0. The lowest BCUT2D eigenvalue weighted by atomic mass is 9.98. The van der Waals surface area contributed by atoms with Crippen molar-refractivity contribution in [1.82, 2.24) is 0 Å². The van der Waals surface area contributed by atoms with Gasteiger partial charge in [0.15, 0.2) is 0 Å².